The Balaban J connectivity index is 2.09. The monoisotopic (exact) mass is 535 g/mol. The lowest BCUT2D eigenvalue weighted by Crippen LogP contribution is -2.52. The number of benzene rings is 3. The molecule has 3 rings (SSSR count). The predicted octanol–water partition coefficient (Wildman–Crippen LogP) is 4.70. The number of hydrogen-bond acceptors (Lipinski definition) is 4. The van der Waals surface area contributed by atoms with E-state index in [9.17, 15) is 18.0 Å². The second-order valence-corrected chi connectivity index (χ2v) is 11.0. The summed E-state index contributed by atoms with van der Waals surface area (Å²) in [5, 5.41) is 2.82. The van der Waals surface area contributed by atoms with Crippen molar-refractivity contribution in [2.24, 2.45) is 0 Å². The van der Waals surface area contributed by atoms with Gasteiger partial charge in [-0.3, -0.25) is 13.9 Å². The number of nitrogens with one attached hydrogen (secondary N) is 1. The molecule has 3 aromatic rings. The van der Waals surface area contributed by atoms with Crippen LogP contribution < -0.4 is 9.62 Å². The third-order valence-corrected chi connectivity index (χ3v) is 8.20. The molecule has 0 aromatic heterocycles. The average molecular weight is 536 g/mol. The molecule has 0 aliphatic rings. The van der Waals surface area contributed by atoms with E-state index in [0.29, 0.717) is 25.1 Å². The summed E-state index contributed by atoms with van der Waals surface area (Å²) >= 11 is 0. The SMILES string of the molecule is CCNC(=O)[C@H](CC)N(Cc1cccc(C)c1)C(=O)CN(c1ccccc1CC)S(=O)(=O)c1ccccc1. The third-order valence-electron chi connectivity index (χ3n) is 6.42. The lowest BCUT2D eigenvalue weighted by Gasteiger charge is -2.33. The molecule has 8 heteroatoms. The first-order valence-corrected chi connectivity index (χ1v) is 14.4. The minimum Gasteiger partial charge on any atom is -0.355 e. The van der Waals surface area contributed by atoms with Crippen molar-refractivity contribution in [1.82, 2.24) is 10.2 Å². The molecule has 0 aliphatic carbocycles. The highest BCUT2D eigenvalue weighted by atomic mass is 32.2. The largest absolute Gasteiger partial charge is 0.355 e. The van der Waals surface area contributed by atoms with Crippen LogP contribution in [0.3, 0.4) is 0 Å². The fourth-order valence-corrected chi connectivity index (χ4v) is 5.98. The molecule has 1 atom stereocenters. The van der Waals surface area contributed by atoms with E-state index in [2.05, 4.69) is 5.32 Å². The fourth-order valence-electron chi connectivity index (χ4n) is 4.50. The summed E-state index contributed by atoms with van der Waals surface area (Å²) in [6.07, 6.45) is 0.981. The number of nitrogens with zero attached hydrogens (tertiary/aromatic N) is 2. The third kappa shape index (κ3) is 6.81. The summed E-state index contributed by atoms with van der Waals surface area (Å²) in [5.41, 5.74) is 3.16. The molecular weight excluding hydrogens is 498 g/mol. The van der Waals surface area contributed by atoms with Gasteiger partial charge in [0.25, 0.3) is 10.0 Å². The van der Waals surface area contributed by atoms with Crippen LogP contribution in [0, 0.1) is 6.92 Å². The van der Waals surface area contributed by atoms with Gasteiger partial charge in [-0.1, -0.05) is 80.1 Å². The van der Waals surface area contributed by atoms with Gasteiger partial charge in [0.1, 0.15) is 12.6 Å². The highest BCUT2D eigenvalue weighted by Gasteiger charge is 2.34. The maximum atomic E-state index is 14.0. The van der Waals surface area contributed by atoms with Gasteiger partial charge in [0.2, 0.25) is 11.8 Å². The first-order valence-electron chi connectivity index (χ1n) is 13.0. The zero-order chi connectivity index (χ0) is 27.7. The molecule has 2 amide bonds. The zero-order valence-electron chi connectivity index (χ0n) is 22.6. The van der Waals surface area contributed by atoms with Crippen molar-refractivity contribution in [1.29, 1.82) is 0 Å². The maximum absolute atomic E-state index is 14.0. The van der Waals surface area contributed by atoms with Crippen LogP contribution >= 0.6 is 0 Å². The fraction of sp³-hybridized carbons (Fsp3) is 0.333. The van der Waals surface area contributed by atoms with Crippen LogP contribution in [0.4, 0.5) is 5.69 Å². The number of para-hydroxylation sites is 1. The summed E-state index contributed by atoms with van der Waals surface area (Å²) < 4.78 is 29.0. The quantitative estimate of drug-likeness (QED) is 0.364. The molecule has 3 aromatic carbocycles. The summed E-state index contributed by atoms with van der Waals surface area (Å²) in [7, 11) is -4.07. The Kier molecular flexibility index (Phi) is 10.1. The minimum atomic E-state index is -4.07. The normalized spacial score (nSPS) is 12.0. The van der Waals surface area contributed by atoms with Gasteiger partial charge in [-0.15, -0.1) is 0 Å². The van der Waals surface area contributed by atoms with Crippen LogP contribution in [-0.4, -0.2) is 44.3 Å². The highest BCUT2D eigenvalue weighted by Crippen LogP contribution is 2.28. The van der Waals surface area contributed by atoms with Crippen LogP contribution in [0.15, 0.2) is 83.8 Å². The minimum absolute atomic E-state index is 0.0970. The van der Waals surface area contributed by atoms with E-state index in [0.717, 1.165) is 16.7 Å². The van der Waals surface area contributed by atoms with Gasteiger partial charge < -0.3 is 10.2 Å². The van der Waals surface area contributed by atoms with Crippen molar-refractivity contribution in [2.75, 3.05) is 17.4 Å². The van der Waals surface area contributed by atoms with E-state index in [1.807, 2.05) is 64.1 Å². The summed E-state index contributed by atoms with van der Waals surface area (Å²) in [6.45, 7) is 7.77. The molecule has 1 N–H and O–H groups in total. The van der Waals surface area contributed by atoms with Gasteiger partial charge in [-0.05, 0) is 56.0 Å². The number of rotatable bonds is 12. The first kappa shape index (κ1) is 28.9. The molecule has 0 heterocycles. The topological polar surface area (TPSA) is 86.8 Å². The number of carbonyl (C=O) groups is 2. The Hall–Kier alpha value is -3.65. The Morgan fingerprint density at radius 2 is 1.58 bits per heavy atom. The van der Waals surface area contributed by atoms with Gasteiger partial charge in [0.15, 0.2) is 0 Å². The number of amides is 2. The molecule has 0 radical (unpaired) electrons. The smallest absolute Gasteiger partial charge is 0.264 e. The predicted molar refractivity (Wildman–Crippen MR) is 151 cm³/mol. The van der Waals surface area contributed by atoms with Gasteiger partial charge >= 0.3 is 0 Å². The maximum Gasteiger partial charge on any atom is 0.264 e. The second-order valence-electron chi connectivity index (χ2n) is 9.14. The Morgan fingerprint density at radius 1 is 0.895 bits per heavy atom. The van der Waals surface area contributed by atoms with E-state index >= 15 is 0 Å². The molecule has 38 heavy (non-hydrogen) atoms. The van der Waals surface area contributed by atoms with Crippen LogP contribution in [-0.2, 0) is 32.6 Å². The van der Waals surface area contributed by atoms with Crippen molar-refractivity contribution in [3.05, 3.63) is 95.6 Å². The van der Waals surface area contributed by atoms with Crippen LogP contribution in [0.5, 0.6) is 0 Å². The van der Waals surface area contributed by atoms with E-state index in [1.54, 1.807) is 30.3 Å². The highest BCUT2D eigenvalue weighted by molar-refractivity contribution is 7.92. The standard InChI is InChI=1S/C30H37N3O4S/c1-5-25-16-11-12-19-28(25)33(38(36,37)26-17-9-8-10-18-26)22-29(34)32(27(6-2)30(35)31-7-3)21-24-15-13-14-23(4)20-24/h8-20,27H,5-7,21-22H2,1-4H3,(H,31,35)/t27-/m0/s1. The molecular formula is C30H37N3O4S. The van der Waals surface area contributed by atoms with Gasteiger partial charge in [0, 0.05) is 13.1 Å². The van der Waals surface area contributed by atoms with Gasteiger partial charge in [0.05, 0.1) is 10.6 Å². The van der Waals surface area contributed by atoms with Crippen molar-refractivity contribution in [3.63, 3.8) is 0 Å². The summed E-state index contributed by atoms with van der Waals surface area (Å²) in [6, 6.07) is 22.3. The molecule has 0 aliphatic heterocycles. The Labute approximate surface area is 226 Å². The zero-order valence-corrected chi connectivity index (χ0v) is 23.4. The van der Waals surface area contributed by atoms with Crippen LogP contribution in [0.2, 0.25) is 0 Å². The number of aryl methyl sites for hydroxylation is 2. The molecule has 202 valence electrons. The van der Waals surface area contributed by atoms with Crippen molar-refractivity contribution >= 4 is 27.5 Å². The van der Waals surface area contributed by atoms with E-state index in [4.69, 9.17) is 0 Å². The number of carbonyl (C=O) groups excluding carboxylic acids is 2. The van der Waals surface area contributed by atoms with Crippen molar-refractivity contribution in [2.45, 2.75) is 58.0 Å². The van der Waals surface area contributed by atoms with E-state index in [1.165, 1.54) is 21.3 Å². The number of likely N-dealkylation sites (N-methyl/N-ethyl adjacent to an activating group) is 1. The van der Waals surface area contributed by atoms with Gasteiger partial charge in [-0.25, -0.2) is 8.42 Å². The average Bonchev–Trinajstić information content (AvgIpc) is 2.92. The summed E-state index contributed by atoms with van der Waals surface area (Å²) in [5.74, 6) is -0.711. The van der Waals surface area contributed by atoms with E-state index < -0.39 is 28.5 Å². The molecule has 0 saturated carbocycles. The van der Waals surface area contributed by atoms with Crippen molar-refractivity contribution in [3.8, 4) is 0 Å². The molecule has 0 unspecified atom stereocenters. The number of sulfonamides is 1. The van der Waals surface area contributed by atoms with Crippen molar-refractivity contribution < 1.29 is 18.0 Å². The first-order chi connectivity index (χ1) is 18.2. The number of hydrogen-bond donors (Lipinski definition) is 1. The number of anilines is 1. The van der Waals surface area contributed by atoms with Crippen LogP contribution in [0.1, 0.15) is 43.9 Å². The Bertz CT molecular complexity index is 1340. The Morgan fingerprint density at radius 3 is 2.21 bits per heavy atom. The second kappa shape index (κ2) is 13.2. The van der Waals surface area contributed by atoms with E-state index in [-0.39, 0.29) is 17.3 Å². The molecule has 0 bridgehead atoms. The summed E-state index contributed by atoms with van der Waals surface area (Å²) in [4.78, 5) is 28.7. The molecule has 0 fully saturated rings. The molecule has 7 nitrogen and oxygen atoms in total. The van der Waals surface area contributed by atoms with Gasteiger partial charge in [-0.2, -0.15) is 0 Å². The molecule has 0 saturated heterocycles. The van der Waals surface area contributed by atoms with Crippen LogP contribution in [0.25, 0.3) is 0 Å². The lowest BCUT2D eigenvalue weighted by atomic mass is 10.1. The lowest BCUT2D eigenvalue weighted by molar-refractivity contribution is -0.140. The molecule has 0 spiro atoms.